The summed E-state index contributed by atoms with van der Waals surface area (Å²) < 4.78 is 16.5. The normalized spacial score (nSPS) is 14.9. The van der Waals surface area contributed by atoms with E-state index in [-0.39, 0.29) is 35.8 Å². The number of para-hydroxylation sites is 1. The number of hydrogen-bond donors (Lipinski definition) is 1. The van der Waals surface area contributed by atoms with Crippen molar-refractivity contribution in [3.05, 3.63) is 71.8 Å². The van der Waals surface area contributed by atoms with Gasteiger partial charge in [-0.05, 0) is 61.0 Å². The van der Waals surface area contributed by atoms with Crippen molar-refractivity contribution in [3.8, 4) is 17.2 Å². The van der Waals surface area contributed by atoms with E-state index in [9.17, 15) is 14.4 Å². The molecule has 1 aliphatic rings. The van der Waals surface area contributed by atoms with Crippen molar-refractivity contribution in [2.24, 2.45) is 0 Å². The monoisotopic (exact) mass is 520 g/mol. The van der Waals surface area contributed by atoms with E-state index >= 15 is 0 Å². The quantitative estimate of drug-likeness (QED) is 0.412. The van der Waals surface area contributed by atoms with Crippen molar-refractivity contribution < 1.29 is 28.6 Å². The van der Waals surface area contributed by atoms with Gasteiger partial charge in [0.15, 0.2) is 17.3 Å². The molecule has 0 saturated heterocycles. The van der Waals surface area contributed by atoms with E-state index in [4.69, 9.17) is 14.2 Å². The molecule has 3 aromatic rings. The molecule has 0 radical (unpaired) electrons. The van der Waals surface area contributed by atoms with Gasteiger partial charge in [-0.15, -0.1) is 11.8 Å². The second kappa shape index (κ2) is 11.4. The van der Waals surface area contributed by atoms with Crippen LogP contribution in [0.5, 0.6) is 17.2 Å². The van der Waals surface area contributed by atoms with E-state index in [2.05, 4.69) is 5.32 Å². The number of ether oxygens (including phenoxy) is 3. The van der Waals surface area contributed by atoms with Gasteiger partial charge in [0.05, 0.1) is 27.0 Å². The van der Waals surface area contributed by atoms with E-state index < -0.39 is 0 Å². The van der Waals surface area contributed by atoms with Crippen molar-refractivity contribution in [1.29, 1.82) is 0 Å². The van der Waals surface area contributed by atoms with E-state index in [1.807, 2.05) is 36.4 Å². The molecule has 1 aliphatic heterocycles. The first kappa shape index (κ1) is 26.1. The second-order valence-electron chi connectivity index (χ2n) is 8.40. The van der Waals surface area contributed by atoms with Crippen LogP contribution in [-0.4, -0.2) is 45.5 Å². The molecule has 0 aliphatic carbocycles. The standard InChI is InChI=1S/C28H28N2O6S/c1-17(31)18-9-11-20(12-10-18)29-26(32)16-30-21-7-5-6-8-24(21)37-25(15-27(30)33)19-13-22(34-2)28(36-4)23(14-19)35-3/h5-14,25H,15-16H2,1-4H3,(H,29,32)/t25-/m0/s1. The Bertz CT molecular complexity index is 1300. The number of fused-ring (bicyclic) bond motifs is 1. The van der Waals surface area contributed by atoms with Gasteiger partial charge in [0.1, 0.15) is 6.54 Å². The first-order chi connectivity index (χ1) is 17.8. The summed E-state index contributed by atoms with van der Waals surface area (Å²) in [5.74, 6) is 0.926. The van der Waals surface area contributed by atoms with Crippen molar-refractivity contribution in [2.75, 3.05) is 38.1 Å². The number of hydrogen-bond acceptors (Lipinski definition) is 7. The van der Waals surface area contributed by atoms with Crippen molar-refractivity contribution in [2.45, 2.75) is 23.5 Å². The van der Waals surface area contributed by atoms with Gasteiger partial charge in [-0.25, -0.2) is 0 Å². The number of benzene rings is 3. The molecule has 37 heavy (non-hydrogen) atoms. The lowest BCUT2D eigenvalue weighted by molar-refractivity contribution is -0.121. The number of rotatable bonds is 8. The Morgan fingerprint density at radius 1 is 0.973 bits per heavy atom. The van der Waals surface area contributed by atoms with E-state index in [0.29, 0.717) is 34.2 Å². The first-order valence-corrected chi connectivity index (χ1v) is 12.5. The van der Waals surface area contributed by atoms with Crippen molar-refractivity contribution in [1.82, 2.24) is 0 Å². The van der Waals surface area contributed by atoms with E-state index in [0.717, 1.165) is 10.5 Å². The lowest BCUT2D eigenvalue weighted by atomic mass is 10.1. The van der Waals surface area contributed by atoms with Gasteiger partial charge in [-0.2, -0.15) is 0 Å². The van der Waals surface area contributed by atoms with Crippen LogP contribution in [0.15, 0.2) is 65.6 Å². The number of carbonyl (C=O) groups is 3. The van der Waals surface area contributed by atoms with Crippen LogP contribution in [0.25, 0.3) is 0 Å². The largest absolute Gasteiger partial charge is 0.493 e. The SMILES string of the molecule is COc1cc([C@@H]2CC(=O)N(CC(=O)Nc3ccc(C(C)=O)cc3)c3ccccc3S2)cc(OC)c1OC. The fraction of sp³-hybridized carbons (Fsp3) is 0.250. The summed E-state index contributed by atoms with van der Waals surface area (Å²) in [6.07, 6.45) is 0.165. The highest BCUT2D eigenvalue weighted by Gasteiger charge is 2.31. The Kier molecular flexibility index (Phi) is 8.03. The Morgan fingerprint density at radius 3 is 2.22 bits per heavy atom. The fourth-order valence-corrected chi connectivity index (χ4v) is 5.42. The van der Waals surface area contributed by atoms with Crippen LogP contribution in [0.2, 0.25) is 0 Å². The highest BCUT2D eigenvalue weighted by Crippen LogP contribution is 2.49. The molecule has 4 rings (SSSR count). The van der Waals surface area contributed by atoms with Crippen molar-refractivity contribution in [3.63, 3.8) is 0 Å². The van der Waals surface area contributed by atoms with Crippen LogP contribution in [-0.2, 0) is 9.59 Å². The number of Topliss-reactive ketones (excluding diaryl/α,β-unsaturated/α-hetero) is 1. The van der Waals surface area contributed by atoms with Crippen LogP contribution in [0.4, 0.5) is 11.4 Å². The number of ketones is 1. The van der Waals surface area contributed by atoms with Crippen LogP contribution in [0.1, 0.15) is 34.5 Å². The van der Waals surface area contributed by atoms with Gasteiger partial charge in [0, 0.05) is 27.8 Å². The zero-order valence-corrected chi connectivity index (χ0v) is 21.9. The number of nitrogens with one attached hydrogen (secondary N) is 1. The number of methoxy groups -OCH3 is 3. The van der Waals surface area contributed by atoms with Gasteiger partial charge in [-0.3, -0.25) is 14.4 Å². The molecule has 0 aromatic heterocycles. The summed E-state index contributed by atoms with van der Waals surface area (Å²) in [4.78, 5) is 40.3. The summed E-state index contributed by atoms with van der Waals surface area (Å²) in [5.41, 5.74) is 2.63. The minimum absolute atomic E-state index is 0.0520. The molecule has 0 fully saturated rings. The van der Waals surface area contributed by atoms with Gasteiger partial charge < -0.3 is 24.4 Å². The number of thioether (sulfide) groups is 1. The van der Waals surface area contributed by atoms with Gasteiger partial charge in [-0.1, -0.05) is 12.1 Å². The zero-order valence-electron chi connectivity index (χ0n) is 21.1. The molecule has 1 atom stereocenters. The molecule has 3 aromatic carbocycles. The maximum absolute atomic E-state index is 13.5. The molecular formula is C28H28N2O6S. The summed E-state index contributed by atoms with van der Waals surface area (Å²) in [7, 11) is 4.65. The Hall–Kier alpha value is -3.98. The third kappa shape index (κ3) is 5.72. The molecule has 8 nitrogen and oxygen atoms in total. The van der Waals surface area contributed by atoms with Crippen LogP contribution in [0, 0.1) is 0 Å². The fourth-order valence-electron chi connectivity index (χ4n) is 4.16. The molecule has 1 N–H and O–H groups in total. The summed E-state index contributed by atoms with van der Waals surface area (Å²) in [6, 6.07) is 17.9. The number of carbonyl (C=O) groups excluding carboxylic acids is 3. The first-order valence-electron chi connectivity index (χ1n) is 11.6. The molecule has 0 saturated carbocycles. The highest BCUT2D eigenvalue weighted by molar-refractivity contribution is 7.99. The van der Waals surface area contributed by atoms with Gasteiger partial charge in [0.25, 0.3) is 0 Å². The summed E-state index contributed by atoms with van der Waals surface area (Å²) in [5, 5.41) is 2.57. The predicted octanol–water partition coefficient (Wildman–Crippen LogP) is 5.12. The molecule has 192 valence electrons. The Morgan fingerprint density at radius 2 is 1.62 bits per heavy atom. The predicted molar refractivity (Wildman–Crippen MR) is 143 cm³/mol. The van der Waals surface area contributed by atoms with Crippen LogP contribution < -0.4 is 24.4 Å². The summed E-state index contributed by atoms with van der Waals surface area (Å²) >= 11 is 1.55. The van der Waals surface area contributed by atoms with Crippen LogP contribution in [0.3, 0.4) is 0 Å². The average molecular weight is 521 g/mol. The molecule has 2 amide bonds. The smallest absolute Gasteiger partial charge is 0.244 e. The summed E-state index contributed by atoms with van der Waals surface area (Å²) in [6.45, 7) is 1.34. The third-order valence-corrected chi connectivity index (χ3v) is 7.34. The van der Waals surface area contributed by atoms with Crippen LogP contribution >= 0.6 is 11.8 Å². The second-order valence-corrected chi connectivity index (χ2v) is 9.64. The highest BCUT2D eigenvalue weighted by atomic mass is 32.2. The molecule has 9 heteroatoms. The number of amides is 2. The Balaban J connectivity index is 1.60. The minimum Gasteiger partial charge on any atom is -0.493 e. The van der Waals surface area contributed by atoms with E-state index in [1.54, 1.807) is 57.4 Å². The molecular weight excluding hydrogens is 492 g/mol. The maximum atomic E-state index is 13.5. The molecule has 0 spiro atoms. The topological polar surface area (TPSA) is 94.2 Å². The molecule has 0 unspecified atom stereocenters. The number of anilines is 2. The average Bonchev–Trinajstić information content (AvgIpc) is 3.04. The van der Waals surface area contributed by atoms with Gasteiger partial charge >= 0.3 is 0 Å². The molecule has 0 bridgehead atoms. The Labute approximate surface area is 219 Å². The minimum atomic E-state index is -0.338. The van der Waals surface area contributed by atoms with Gasteiger partial charge in [0.2, 0.25) is 17.6 Å². The maximum Gasteiger partial charge on any atom is 0.244 e. The lowest BCUT2D eigenvalue weighted by Gasteiger charge is -2.22. The van der Waals surface area contributed by atoms with E-state index in [1.165, 1.54) is 11.8 Å². The lowest BCUT2D eigenvalue weighted by Crippen LogP contribution is -2.38. The molecule has 1 heterocycles. The van der Waals surface area contributed by atoms with Crippen molar-refractivity contribution >= 4 is 40.7 Å². The zero-order chi connectivity index (χ0) is 26.5. The third-order valence-electron chi connectivity index (χ3n) is 6.02. The number of nitrogens with zero attached hydrogens (tertiary/aromatic N) is 1.